The van der Waals surface area contributed by atoms with Crippen molar-refractivity contribution in [1.29, 1.82) is 0 Å². The minimum absolute atomic E-state index is 0.188. The lowest BCUT2D eigenvalue weighted by Gasteiger charge is -2.46. The van der Waals surface area contributed by atoms with Gasteiger partial charge in [0.2, 0.25) is 5.91 Å². The third-order valence-corrected chi connectivity index (χ3v) is 7.46. The fourth-order valence-corrected chi connectivity index (χ4v) is 5.77. The molecule has 7 heteroatoms. The zero-order chi connectivity index (χ0) is 21.0. The van der Waals surface area contributed by atoms with E-state index in [1.165, 1.54) is 32.2 Å². The van der Waals surface area contributed by atoms with Crippen molar-refractivity contribution in [2.45, 2.75) is 70.2 Å². The number of para-hydroxylation sites is 1. The molecule has 1 aromatic heterocycles. The first-order chi connectivity index (χ1) is 15.2. The number of hydrogen-bond acceptors (Lipinski definition) is 4. The van der Waals surface area contributed by atoms with Crippen LogP contribution < -0.4 is 15.0 Å². The SMILES string of the molecule is O=C(NC1CCCCC1)[C@H]1C[NH+]2CC[C@@H]1C[C@@H]2Cn1cc(COc2ccccc2)nn1. The van der Waals surface area contributed by atoms with Crippen LogP contribution in [0.5, 0.6) is 5.75 Å². The number of quaternary nitrogens is 1. The van der Waals surface area contributed by atoms with Gasteiger partial charge in [-0.2, -0.15) is 0 Å². The molecular formula is C24H34N5O2+. The van der Waals surface area contributed by atoms with E-state index in [2.05, 4.69) is 15.6 Å². The van der Waals surface area contributed by atoms with Gasteiger partial charge in [-0.25, -0.2) is 4.68 Å². The molecule has 1 amide bonds. The second-order valence-electron chi connectivity index (χ2n) is 9.58. The van der Waals surface area contributed by atoms with Crippen LogP contribution in [0.15, 0.2) is 36.5 Å². The van der Waals surface area contributed by atoms with Crippen LogP contribution >= 0.6 is 0 Å². The lowest BCUT2D eigenvalue weighted by molar-refractivity contribution is -0.945. The van der Waals surface area contributed by atoms with E-state index in [1.54, 1.807) is 4.90 Å². The second-order valence-corrected chi connectivity index (χ2v) is 9.58. The fraction of sp³-hybridized carbons (Fsp3) is 0.625. The summed E-state index contributed by atoms with van der Waals surface area (Å²) in [5.41, 5.74) is 0.847. The van der Waals surface area contributed by atoms with Crippen LogP contribution in [0.3, 0.4) is 0 Å². The highest BCUT2D eigenvalue weighted by atomic mass is 16.5. The highest BCUT2D eigenvalue weighted by Crippen LogP contribution is 2.28. The van der Waals surface area contributed by atoms with E-state index in [4.69, 9.17) is 4.74 Å². The van der Waals surface area contributed by atoms with E-state index in [0.717, 1.165) is 43.8 Å². The quantitative estimate of drug-likeness (QED) is 0.708. The number of rotatable bonds is 7. The van der Waals surface area contributed by atoms with Gasteiger partial charge in [-0.15, -0.1) is 5.10 Å². The van der Waals surface area contributed by atoms with Crippen LogP contribution in [0.1, 0.15) is 50.6 Å². The second kappa shape index (κ2) is 9.39. The van der Waals surface area contributed by atoms with E-state index in [9.17, 15) is 4.79 Å². The molecule has 1 unspecified atom stereocenters. The van der Waals surface area contributed by atoms with Crippen molar-refractivity contribution < 1.29 is 14.4 Å². The summed E-state index contributed by atoms with van der Waals surface area (Å²) in [5, 5.41) is 12.0. The Balaban J connectivity index is 1.13. The summed E-state index contributed by atoms with van der Waals surface area (Å²) in [6, 6.07) is 10.7. The molecule has 1 saturated carbocycles. The van der Waals surface area contributed by atoms with Gasteiger partial charge < -0.3 is 15.0 Å². The molecule has 6 rings (SSSR count). The standard InChI is InChI=1S/C24H33N5O2/c30-24(25-19-7-3-1-4-8-19)23-16-28-12-11-18(23)13-21(28)15-29-14-20(26-27-29)17-31-22-9-5-2-6-10-22/h2,5-6,9-10,14,18-19,21,23H,1,3-4,7-8,11-13,15-17H2,(H,25,30)/p+1/t18-,21-,23+/m1/s1. The highest BCUT2D eigenvalue weighted by molar-refractivity contribution is 5.79. The summed E-state index contributed by atoms with van der Waals surface area (Å²) in [6.45, 7) is 3.42. The van der Waals surface area contributed by atoms with Gasteiger partial charge in [0.15, 0.2) is 0 Å². The first-order valence-electron chi connectivity index (χ1n) is 12.0. The Morgan fingerprint density at radius 2 is 2.00 bits per heavy atom. The molecule has 7 nitrogen and oxygen atoms in total. The average molecular weight is 425 g/mol. The van der Waals surface area contributed by atoms with Crippen LogP contribution in [0.25, 0.3) is 0 Å². The third-order valence-electron chi connectivity index (χ3n) is 7.46. The summed E-state index contributed by atoms with van der Waals surface area (Å²) in [4.78, 5) is 14.5. The number of fused-ring (bicyclic) bond motifs is 3. The number of piperidine rings is 3. The van der Waals surface area contributed by atoms with E-state index in [-0.39, 0.29) is 5.92 Å². The van der Waals surface area contributed by atoms with Gasteiger partial charge in [0.25, 0.3) is 0 Å². The van der Waals surface area contributed by atoms with Crippen molar-refractivity contribution in [2.24, 2.45) is 11.8 Å². The first-order valence-corrected chi connectivity index (χ1v) is 12.0. The molecule has 2 N–H and O–H groups in total. The topological polar surface area (TPSA) is 73.5 Å². The summed E-state index contributed by atoms with van der Waals surface area (Å²) in [6.07, 6.45) is 10.4. The monoisotopic (exact) mass is 424 g/mol. The molecule has 4 fully saturated rings. The number of nitrogens with one attached hydrogen (secondary N) is 2. The maximum atomic E-state index is 12.9. The van der Waals surface area contributed by atoms with E-state index >= 15 is 0 Å². The summed E-state index contributed by atoms with van der Waals surface area (Å²) in [5.74, 6) is 1.85. The van der Waals surface area contributed by atoms with Crippen LogP contribution in [0.4, 0.5) is 0 Å². The number of ether oxygens (including phenoxy) is 1. The van der Waals surface area contributed by atoms with Crippen molar-refractivity contribution in [2.75, 3.05) is 13.1 Å². The molecule has 31 heavy (non-hydrogen) atoms. The molecule has 1 aromatic carbocycles. The zero-order valence-electron chi connectivity index (χ0n) is 18.2. The van der Waals surface area contributed by atoms with Crippen molar-refractivity contribution in [3.05, 3.63) is 42.2 Å². The minimum atomic E-state index is 0.188. The van der Waals surface area contributed by atoms with Crippen molar-refractivity contribution in [3.63, 3.8) is 0 Å². The molecule has 0 radical (unpaired) electrons. The molecule has 166 valence electrons. The van der Waals surface area contributed by atoms with Gasteiger partial charge in [0.05, 0.1) is 31.7 Å². The molecule has 0 spiro atoms. The van der Waals surface area contributed by atoms with Gasteiger partial charge in [0.1, 0.15) is 24.1 Å². The number of carbonyl (C=O) groups excluding carboxylic acids is 1. The maximum Gasteiger partial charge on any atom is 0.229 e. The van der Waals surface area contributed by atoms with Crippen LogP contribution in [-0.2, 0) is 17.9 Å². The van der Waals surface area contributed by atoms with E-state index < -0.39 is 0 Å². The van der Waals surface area contributed by atoms with Gasteiger partial charge in [-0.3, -0.25) is 4.79 Å². The Bertz CT molecular complexity index is 864. The van der Waals surface area contributed by atoms with Crippen LogP contribution in [0, 0.1) is 11.8 Å². The van der Waals surface area contributed by atoms with Crippen molar-refractivity contribution >= 4 is 5.91 Å². The number of benzene rings is 1. The molecule has 4 atom stereocenters. The number of carbonyl (C=O) groups is 1. The molecule has 1 aliphatic carbocycles. The van der Waals surface area contributed by atoms with Crippen LogP contribution in [-0.4, -0.2) is 46.1 Å². The highest BCUT2D eigenvalue weighted by Gasteiger charge is 2.46. The Kier molecular flexibility index (Phi) is 6.20. The molecule has 2 aromatic rings. The minimum Gasteiger partial charge on any atom is -0.487 e. The van der Waals surface area contributed by atoms with Crippen LogP contribution in [0.2, 0.25) is 0 Å². The summed E-state index contributed by atoms with van der Waals surface area (Å²) < 4.78 is 7.74. The molecule has 4 aliphatic rings. The van der Waals surface area contributed by atoms with Gasteiger partial charge >= 0.3 is 0 Å². The third kappa shape index (κ3) is 4.92. The van der Waals surface area contributed by atoms with Crippen molar-refractivity contribution in [3.8, 4) is 5.75 Å². The zero-order valence-corrected chi connectivity index (χ0v) is 18.2. The van der Waals surface area contributed by atoms with E-state index in [1.807, 2.05) is 41.2 Å². The number of aromatic nitrogens is 3. The molecule has 3 aliphatic heterocycles. The van der Waals surface area contributed by atoms with Gasteiger partial charge in [-0.05, 0) is 30.9 Å². The normalized spacial score (nSPS) is 28.4. The van der Waals surface area contributed by atoms with Gasteiger partial charge in [-0.1, -0.05) is 42.7 Å². The molecule has 3 saturated heterocycles. The maximum absolute atomic E-state index is 12.9. The first kappa shape index (κ1) is 20.5. The molecule has 2 bridgehead atoms. The molecular weight excluding hydrogens is 390 g/mol. The Labute approximate surface area is 184 Å². The fourth-order valence-electron chi connectivity index (χ4n) is 5.77. The Hall–Kier alpha value is -2.41. The number of nitrogens with zero attached hydrogens (tertiary/aromatic N) is 3. The van der Waals surface area contributed by atoms with Crippen molar-refractivity contribution in [1.82, 2.24) is 20.3 Å². The lowest BCUT2D eigenvalue weighted by atomic mass is 9.75. The van der Waals surface area contributed by atoms with E-state index in [0.29, 0.717) is 30.5 Å². The predicted molar refractivity (Wildman–Crippen MR) is 117 cm³/mol. The largest absolute Gasteiger partial charge is 0.487 e. The smallest absolute Gasteiger partial charge is 0.229 e. The summed E-state index contributed by atoms with van der Waals surface area (Å²) in [7, 11) is 0. The molecule has 4 heterocycles. The Morgan fingerprint density at radius 3 is 2.77 bits per heavy atom. The predicted octanol–water partition coefficient (Wildman–Crippen LogP) is 1.60. The Morgan fingerprint density at radius 1 is 1.16 bits per heavy atom. The number of hydrogen-bond donors (Lipinski definition) is 2. The average Bonchev–Trinajstić information content (AvgIpc) is 3.27. The number of amides is 1. The summed E-state index contributed by atoms with van der Waals surface area (Å²) >= 11 is 0. The van der Waals surface area contributed by atoms with Gasteiger partial charge in [0, 0.05) is 18.9 Å². The lowest BCUT2D eigenvalue weighted by Crippen LogP contribution is -3.20.